The van der Waals surface area contributed by atoms with E-state index in [9.17, 15) is 4.79 Å². The number of hydrogen-bond acceptors (Lipinski definition) is 7. The van der Waals surface area contributed by atoms with Crippen molar-refractivity contribution in [2.45, 2.75) is 76.2 Å². The number of rotatable bonds is 6. The molecule has 1 saturated carbocycles. The van der Waals surface area contributed by atoms with Crippen LogP contribution >= 0.6 is 0 Å². The maximum absolute atomic E-state index is 12.9. The van der Waals surface area contributed by atoms with Crippen LogP contribution in [0.15, 0.2) is 22.9 Å². The molecule has 1 amide bonds. The van der Waals surface area contributed by atoms with Gasteiger partial charge in [-0.2, -0.15) is 0 Å². The quantitative estimate of drug-likeness (QED) is 0.476. The summed E-state index contributed by atoms with van der Waals surface area (Å²) < 4.78 is 7.48. The van der Waals surface area contributed by atoms with Gasteiger partial charge in [0.15, 0.2) is 0 Å². The van der Waals surface area contributed by atoms with E-state index in [-0.39, 0.29) is 33.7 Å². The molecule has 0 spiro atoms. The Hall–Kier alpha value is -2.67. The molecule has 34 heavy (non-hydrogen) atoms. The fourth-order valence-corrected chi connectivity index (χ4v) is 7.66. The summed E-state index contributed by atoms with van der Waals surface area (Å²) in [7, 11) is 0. The van der Waals surface area contributed by atoms with Crippen LogP contribution in [0.1, 0.15) is 74.2 Å². The Morgan fingerprint density at radius 3 is 2.88 bits per heavy atom. The fraction of sp³-hybridized carbons (Fsp3) is 0.542. The predicted molar refractivity (Wildman–Crippen MR) is 129 cm³/mol. The number of fused-ring (bicyclic) bond motifs is 1. The van der Waals surface area contributed by atoms with Gasteiger partial charge >= 0.3 is 205 Å². The Morgan fingerprint density at radius 2 is 2.03 bits per heavy atom. The number of H-pyrrole nitrogens is 1. The minimum absolute atomic E-state index is 0.122. The average molecular weight is 522 g/mol. The number of carbonyl (C=O) groups is 1. The van der Waals surface area contributed by atoms with Gasteiger partial charge in [-0.3, -0.25) is 0 Å². The van der Waals surface area contributed by atoms with Gasteiger partial charge in [-0.15, -0.1) is 0 Å². The van der Waals surface area contributed by atoms with Gasteiger partial charge in [0.05, 0.1) is 0 Å². The molecule has 6 rings (SSSR count). The van der Waals surface area contributed by atoms with Gasteiger partial charge in [-0.1, -0.05) is 0 Å². The van der Waals surface area contributed by atoms with Crippen LogP contribution in [-0.4, -0.2) is 59.4 Å². The number of aromatic amines is 1. The van der Waals surface area contributed by atoms with Gasteiger partial charge in [-0.05, 0) is 0 Å². The molecule has 10 heteroatoms. The van der Waals surface area contributed by atoms with E-state index in [1.165, 1.54) is 55.8 Å². The number of nitrogens with zero attached hydrogens (tertiary/aromatic N) is 5. The first kappa shape index (κ1) is 21.8. The number of aromatic nitrogens is 5. The van der Waals surface area contributed by atoms with E-state index < -0.39 is 0 Å². The molecule has 0 aromatic carbocycles. The van der Waals surface area contributed by atoms with E-state index in [1.807, 2.05) is 0 Å². The predicted octanol–water partition coefficient (Wildman–Crippen LogP) is 1.99. The van der Waals surface area contributed by atoms with Crippen molar-refractivity contribution in [3.63, 3.8) is 0 Å². The normalized spacial score (nSPS) is 20.9. The molecule has 1 aliphatic heterocycles. The van der Waals surface area contributed by atoms with Gasteiger partial charge in [0.25, 0.3) is 0 Å². The van der Waals surface area contributed by atoms with Crippen LogP contribution in [0.2, 0.25) is 0 Å². The third-order valence-electron chi connectivity index (χ3n) is 7.22. The first-order valence-electron chi connectivity index (χ1n) is 12.4. The Labute approximate surface area is 205 Å². The molecule has 1 atom stereocenters. The first-order chi connectivity index (χ1) is 16.7. The van der Waals surface area contributed by atoms with Crippen LogP contribution in [0.3, 0.4) is 0 Å². The molecule has 177 valence electrons. The van der Waals surface area contributed by atoms with E-state index in [1.54, 1.807) is 0 Å². The molecular weight excluding hydrogens is 493 g/mol. The van der Waals surface area contributed by atoms with E-state index in [4.69, 9.17) is 14.4 Å². The molecular formula is C24H29AsN7O2. The second-order valence-corrected chi connectivity index (χ2v) is 11.8. The van der Waals surface area contributed by atoms with Crippen LogP contribution in [0.5, 0.6) is 0 Å². The molecule has 0 bridgehead atoms. The summed E-state index contributed by atoms with van der Waals surface area (Å²) >= 11 is -0.341. The zero-order chi connectivity index (χ0) is 22.9. The van der Waals surface area contributed by atoms with Crippen molar-refractivity contribution in [1.82, 2.24) is 25.1 Å². The zero-order valence-electron chi connectivity index (χ0n) is 19.2. The number of oxazole rings is 1. The summed E-state index contributed by atoms with van der Waals surface area (Å²) in [6, 6.07) is 2.19. The second-order valence-electron chi connectivity index (χ2n) is 9.43. The topological polar surface area (TPSA) is 113 Å². The monoisotopic (exact) mass is 522 g/mol. The molecule has 2 N–H and O–H groups in total. The standard InChI is InChI=1S/C24H29AsN7O2/c33-22(29-24-26-11-13-34-24)19-10-5-12-32(19)23-27-17-9-4-8-16(17)21(28-23)25-20-14-18(30-31-20)15-6-2-1-3-7-15/h11,13-15,19H,1-10,12H2,(H,30,31)(H,26,29,33). The number of carbonyl (C=O) groups excluding carboxylic acids is 1. The van der Waals surface area contributed by atoms with Gasteiger partial charge in [-0.25, -0.2) is 0 Å². The molecule has 3 aromatic heterocycles. The summed E-state index contributed by atoms with van der Waals surface area (Å²) in [6.45, 7) is 0.770. The van der Waals surface area contributed by atoms with E-state index >= 15 is 0 Å². The van der Waals surface area contributed by atoms with Crippen LogP contribution < -0.4 is 19.2 Å². The number of amides is 1. The summed E-state index contributed by atoms with van der Waals surface area (Å²) in [5.74, 6) is 1.18. The van der Waals surface area contributed by atoms with Crippen molar-refractivity contribution < 1.29 is 9.21 Å². The van der Waals surface area contributed by atoms with E-state index in [0.29, 0.717) is 11.9 Å². The summed E-state index contributed by atoms with van der Waals surface area (Å²) in [5, 5.41) is 10.8. The number of aryl methyl sites for hydroxylation is 1. The Bertz CT molecular complexity index is 1160. The second kappa shape index (κ2) is 9.53. The Kier molecular flexibility index (Phi) is 6.12. The SMILES string of the molecule is O=C(Nc1ncco1)C1CCCN1c1nc2c(c([As]c3cc(C4CCCCC4)[nH]n3)n1)CCC2. The third kappa shape index (κ3) is 4.38. The zero-order valence-corrected chi connectivity index (χ0v) is 21.0. The van der Waals surface area contributed by atoms with Crippen molar-refractivity contribution in [3.8, 4) is 0 Å². The van der Waals surface area contributed by atoms with Gasteiger partial charge < -0.3 is 0 Å². The summed E-state index contributed by atoms with van der Waals surface area (Å²) in [4.78, 5) is 29.0. The third-order valence-corrected chi connectivity index (χ3v) is 9.41. The Morgan fingerprint density at radius 1 is 1.12 bits per heavy atom. The molecule has 1 radical (unpaired) electrons. The first-order valence-corrected chi connectivity index (χ1v) is 14.3. The molecule has 1 saturated heterocycles. The van der Waals surface area contributed by atoms with Crippen molar-refractivity contribution in [2.75, 3.05) is 16.8 Å². The molecule has 2 fully saturated rings. The van der Waals surface area contributed by atoms with Gasteiger partial charge in [0.1, 0.15) is 0 Å². The molecule has 4 heterocycles. The molecule has 2 aliphatic carbocycles. The summed E-state index contributed by atoms with van der Waals surface area (Å²) in [5.41, 5.74) is 3.75. The molecule has 9 nitrogen and oxygen atoms in total. The van der Waals surface area contributed by atoms with E-state index in [0.717, 1.165) is 53.3 Å². The number of nitrogens with one attached hydrogen (secondary N) is 2. The minimum atomic E-state index is -0.341. The van der Waals surface area contributed by atoms with Crippen LogP contribution in [-0.2, 0) is 17.6 Å². The van der Waals surface area contributed by atoms with Crippen LogP contribution in [0.4, 0.5) is 12.0 Å². The van der Waals surface area contributed by atoms with Crippen molar-refractivity contribution in [2.24, 2.45) is 0 Å². The Balaban J connectivity index is 1.24. The molecule has 1 unspecified atom stereocenters. The average Bonchev–Trinajstić information content (AvgIpc) is 3.67. The van der Waals surface area contributed by atoms with Crippen LogP contribution in [0.25, 0.3) is 0 Å². The number of hydrogen-bond donors (Lipinski definition) is 2. The molecule has 3 aromatic rings. The molecule has 3 aliphatic rings. The van der Waals surface area contributed by atoms with E-state index in [2.05, 4.69) is 31.5 Å². The van der Waals surface area contributed by atoms with Crippen molar-refractivity contribution in [3.05, 3.63) is 35.5 Å². The summed E-state index contributed by atoms with van der Waals surface area (Å²) in [6.07, 6.45) is 14.3. The number of anilines is 2. The van der Waals surface area contributed by atoms with Crippen molar-refractivity contribution in [1.29, 1.82) is 0 Å². The maximum atomic E-state index is 12.9. The van der Waals surface area contributed by atoms with Crippen LogP contribution in [0, 0.1) is 0 Å². The fourth-order valence-electron chi connectivity index (χ4n) is 5.49. The van der Waals surface area contributed by atoms with Crippen molar-refractivity contribution >= 4 is 42.6 Å². The van der Waals surface area contributed by atoms with Gasteiger partial charge in [0, 0.05) is 0 Å². The van der Waals surface area contributed by atoms with Gasteiger partial charge in [0.2, 0.25) is 0 Å².